The number of unbranched alkanes of at least 4 members (excludes halogenated alkanes) is 23. The van der Waals surface area contributed by atoms with Gasteiger partial charge >= 0.3 is 11.9 Å². The zero-order valence-electron chi connectivity index (χ0n) is 36.5. The summed E-state index contributed by atoms with van der Waals surface area (Å²) in [4.78, 5) is 40.1. The Morgan fingerprint density at radius 2 is 0.927 bits per heavy atom. The quantitative estimate of drug-likeness (QED) is 0.0373. The molecule has 0 saturated heterocycles. The van der Waals surface area contributed by atoms with Gasteiger partial charge in [-0.2, -0.15) is 0 Å². The number of esters is 2. The van der Waals surface area contributed by atoms with Crippen molar-refractivity contribution in [3.8, 4) is 0 Å². The molecule has 0 rings (SSSR count). The van der Waals surface area contributed by atoms with E-state index >= 15 is 0 Å². The van der Waals surface area contributed by atoms with Gasteiger partial charge < -0.3 is 24.8 Å². The van der Waals surface area contributed by atoms with Gasteiger partial charge in [0.1, 0.15) is 12.7 Å². The van der Waals surface area contributed by atoms with E-state index in [1.807, 2.05) is 7.05 Å². The van der Waals surface area contributed by atoms with Crippen molar-refractivity contribution >= 4 is 17.8 Å². The largest absolute Gasteiger partial charge is 0.463 e. The molecule has 0 aromatic carbocycles. The van der Waals surface area contributed by atoms with Crippen molar-refractivity contribution in [2.45, 2.75) is 226 Å². The fourth-order valence-electron chi connectivity index (χ4n) is 6.57. The molecule has 0 heterocycles. The van der Waals surface area contributed by atoms with Crippen LogP contribution < -0.4 is 5.73 Å². The van der Waals surface area contributed by atoms with Crippen molar-refractivity contribution in [1.82, 2.24) is 4.90 Å². The Bertz CT molecular complexity index is 938. The molecule has 2 atom stereocenters. The maximum atomic E-state index is 12.8. The number of nitrogens with zero attached hydrogens (tertiary/aromatic N) is 1. The number of primary amides is 1. The summed E-state index contributed by atoms with van der Waals surface area (Å²) in [5.74, 6) is -1.61. The van der Waals surface area contributed by atoms with E-state index in [0.29, 0.717) is 26.0 Å². The number of hydrogen-bond acceptors (Lipinski definition) is 7. The Balaban J connectivity index is 4.49. The molecule has 2 unspecified atom stereocenters. The minimum Gasteiger partial charge on any atom is -0.463 e. The molecule has 0 aliphatic heterocycles. The molecule has 0 fully saturated rings. The molecular formula is C47H88N2O6. The molecule has 0 aliphatic rings. The van der Waals surface area contributed by atoms with E-state index in [0.717, 1.165) is 83.6 Å². The monoisotopic (exact) mass is 777 g/mol. The van der Waals surface area contributed by atoms with Crippen molar-refractivity contribution in [3.63, 3.8) is 0 Å². The maximum absolute atomic E-state index is 12.8. The Kier molecular flexibility index (Phi) is 39.8. The fourth-order valence-corrected chi connectivity index (χ4v) is 6.57. The van der Waals surface area contributed by atoms with E-state index in [9.17, 15) is 14.4 Å². The van der Waals surface area contributed by atoms with Gasteiger partial charge in [-0.05, 0) is 84.2 Å². The maximum Gasteiger partial charge on any atom is 0.306 e. The van der Waals surface area contributed by atoms with Gasteiger partial charge in [-0.25, -0.2) is 0 Å². The molecule has 0 radical (unpaired) electrons. The number of carbonyl (C=O) groups excluding carboxylic acids is 3. The number of rotatable bonds is 42. The second-order valence-electron chi connectivity index (χ2n) is 15.7. The van der Waals surface area contributed by atoms with Crippen LogP contribution in [0.2, 0.25) is 0 Å². The van der Waals surface area contributed by atoms with Crippen molar-refractivity contribution in [2.75, 3.05) is 33.4 Å². The Morgan fingerprint density at radius 1 is 0.527 bits per heavy atom. The van der Waals surface area contributed by atoms with Crippen LogP contribution in [0.15, 0.2) is 24.3 Å². The van der Waals surface area contributed by atoms with Crippen LogP contribution >= 0.6 is 0 Å². The van der Waals surface area contributed by atoms with Crippen molar-refractivity contribution in [2.24, 2.45) is 5.73 Å². The molecule has 0 aromatic rings. The van der Waals surface area contributed by atoms with E-state index in [1.165, 1.54) is 96.3 Å². The summed E-state index contributed by atoms with van der Waals surface area (Å²) in [6.07, 6.45) is 40.5. The van der Waals surface area contributed by atoms with Crippen molar-refractivity contribution < 1.29 is 28.6 Å². The van der Waals surface area contributed by atoms with Crippen molar-refractivity contribution in [3.05, 3.63) is 24.3 Å². The third-order valence-corrected chi connectivity index (χ3v) is 10.3. The van der Waals surface area contributed by atoms with Crippen LogP contribution in [-0.4, -0.2) is 68.3 Å². The molecule has 0 bridgehead atoms. The van der Waals surface area contributed by atoms with E-state index in [-0.39, 0.29) is 19.0 Å². The lowest BCUT2D eigenvalue weighted by molar-refractivity contribution is -0.171. The molecule has 8 heteroatoms. The van der Waals surface area contributed by atoms with E-state index in [4.69, 9.17) is 19.9 Å². The topological polar surface area (TPSA) is 108 Å². The lowest BCUT2D eigenvalue weighted by Gasteiger charge is -2.26. The Hall–Kier alpha value is -2.19. The predicted octanol–water partition coefficient (Wildman–Crippen LogP) is 12.1. The molecule has 55 heavy (non-hydrogen) atoms. The first-order valence-electron chi connectivity index (χ1n) is 23.1. The van der Waals surface area contributed by atoms with E-state index in [2.05, 4.69) is 50.0 Å². The number of carbonyl (C=O) groups is 3. The van der Waals surface area contributed by atoms with Crippen LogP contribution in [-0.2, 0) is 28.6 Å². The highest BCUT2D eigenvalue weighted by Crippen LogP contribution is 2.14. The van der Waals surface area contributed by atoms with Gasteiger partial charge in [0.25, 0.3) is 5.91 Å². The SMILES string of the molecule is CCCCCCCCC=CCCCCCCCC(=O)OCC(OCCN(C)CCCC)C(OC(=O)CCCCCCCC=CCCCCCCCC)C(N)=O. The zero-order valence-corrected chi connectivity index (χ0v) is 36.5. The summed E-state index contributed by atoms with van der Waals surface area (Å²) in [5, 5.41) is 0. The standard InChI is InChI=1S/C47H88N2O6/c1-5-8-11-13-15-17-19-21-23-25-27-29-31-33-35-37-44(50)54-42-43(53-41-40-49(4)39-10-7-3)46(47(48)52)55-45(51)38-36-34-32-30-28-26-24-22-20-18-16-14-12-9-6-2/h21-24,43,46H,5-20,25-42H2,1-4H3,(H2,48,52). The van der Waals surface area contributed by atoms with E-state index in [1.54, 1.807) is 0 Å². The number of hydrogen-bond donors (Lipinski definition) is 1. The van der Waals surface area contributed by atoms with Gasteiger partial charge in [0, 0.05) is 19.4 Å². The summed E-state index contributed by atoms with van der Waals surface area (Å²) in [6, 6.07) is 0. The second kappa shape index (κ2) is 41.4. The number of allylic oxidation sites excluding steroid dienone is 4. The zero-order chi connectivity index (χ0) is 40.5. The number of likely N-dealkylation sites (N-methyl/N-ethyl adjacent to an activating group) is 1. The van der Waals surface area contributed by atoms with Gasteiger partial charge in [0.15, 0.2) is 0 Å². The molecular weight excluding hydrogens is 689 g/mol. The lowest BCUT2D eigenvalue weighted by atomic mass is 10.1. The van der Waals surface area contributed by atoms with Crippen LogP contribution in [0.4, 0.5) is 0 Å². The first kappa shape index (κ1) is 52.8. The second-order valence-corrected chi connectivity index (χ2v) is 15.7. The van der Waals surface area contributed by atoms with Crippen molar-refractivity contribution in [1.29, 1.82) is 0 Å². The molecule has 0 saturated carbocycles. The Morgan fingerprint density at radius 3 is 1.36 bits per heavy atom. The number of ether oxygens (including phenoxy) is 3. The average Bonchev–Trinajstić information content (AvgIpc) is 3.17. The van der Waals surface area contributed by atoms with Crippen LogP contribution in [0.25, 0.3) is 0 Å². The normalized spacial score (nSPS) is 12.9. The van der Waals surface area contributed by atoms with Gasteiger partial charge in [-0.1, -0.05) is 154 Å². The highest BCUT2D eigenvalue weighted by atomic mass is 16.6. The third kappa shape index (κ3) is 37.2. The van der Waals surface area contributed by atoms with Crippen LogP contribution in [0, 0.1) is 0 Å². The first-order chi connectivity index (χ1) is 26.8. The molecule has 0 aromatic heterocycles. The predicted molar refractivity (Wildman–Crippen MR) is 231 cm³/mol. The molecule has 0 aliphatic carbocycles. The Labute approximate surface area is 339 Å². The van der Waals surface area contributed by atoms with Crippen LogP contribution in [0.5, 0.6) is 0 Å². The van der Waals surface area contributed by atoms with E-state index < -0.39 is 24.1 Å². The average molecular weight is 777 g/mol. The first-order valence-corrected chi connectivity index (χ1v) is 23.1. The van der Waals surface area contributed by atoms with Gasteiger partial charge in [-0.15, -0.1) is 0 Å². The number of nitrogens with two attached hydrogens (primary N) is 1. The van der Waals surface area contributed by atoms with Crippen LogP contribution in [0.3, 0.4) is 0 Å². The summed E-state index contributed by atoms with van der Waals surface area (Å²) in [6.45, 7) is 8.33. The highest BCUT2D eigenvalue weighted by Gasteiger charge is 2.32. The summed E-state index contributed by atoms with van der Waals surface area (Å²) < 4.78 is 17.2. The van der Waals surface area contributed by atoms with Gasteiger partial charge in [0.05, 0.1) is 6.61 Å². The van der Waals surface area contributed by atoms with Gasteiger partial charge in [-0.3, -0.25) is 14.4 Å². The molecule has 322 valence electrons. The molecule has 1 amide bonds. The fraction of sp³-hybridized carbons (Fsp3) is 0.851. The summed E-state index contributed by atoms with van der Waals surface area (Å²) >= 11 is 0. The minimum atomic E-state index is -1.32. The third-order valence-electron chi connectivity index (χ3n) is 10.3. The molecule has 2 N–H and O–H groups in total. The summed E-state index contributed by atoms with van der Waals surface area (Å²) in [7, 11) is 2.02. The lowest BCUT2D eigenvalue weighted by Crippen LogP contribution is -2.47. The summed E-state index contributed by atoms with van der Waals surface area (Å²) in [5.41, 5.74) is 5.72. The molecule has 0 spiro atoms. The smallest absolute Gasteiger partial charge is 0.306 e. The minimum absolute atomic E-state index is 0.184. The number of amides is 1. The van der Waals surface area contributed by atoms with Crippen LogP contribution in [0.1, 0.15) is 213 Å². The van der Waals surface area contributed by atoms with Gasteiger partial charge in [0.2, 0.25) is 6.10 Å². The molecule has 8 nitrogen and oxygen atoms in total. The highest BCUT2D eigenvalue weighted by molar-refractivity contribution is 5.83.